The van der Waals surface area contributed by atoms with Gasteiger partial charge in [0.2, 0.25) is 0 Å². The van der Waals surface area contributed by atoms with Crippen LogP contribution >= 0.6 is 0 Å². The number of pyridine rings is 1. The third-order valence-electron chi connectivity index (χ3n) is 9.75. The van der Waals surface area contributed by atoms with E-state index >= 15 is 0 Å². The smallest absolute Gasteiger partial charge is 0.337 e. The van der Waals surface area contributed by atoms with Crippen LogP contribution in [0.3, 0.4) is 0 Å². The van der Waals surface area contributed by atoms with E-state index in [1.165, 1.54) is 12.1 Å². The zero-order chi connectivity index (χ0) is 34.4. The molecule has 0 amide bonds. The Hall–Kier alpha value is -3.95. The quantitative estimate of drug-likeness (QED) is 0.236. The number of ether oxygens (including phenoxy) is 3. The van der Waals surface area contributed by atoms with Gasteiger partial charge in [0.1, 0.15) is 23.0 Å². The molecule has 3 aliphatic heterocycles. The molecule has 256 valence electrons. The molecule has 0 saturated carbocycles. The van der Waals surface area contributed by atoms with Gasteiger partial charge in [-0.1, -0.05) is 18.2 Å². The number of carboxylic acid groups (broad SMARTS) is 1. The van der Waals surface area contributed by atoms with E-state index in [1.54, 1.807) is 6.07 Å². The molecule has 0 aliphatic carbocycles. The number of carbonyl (C=O) groups is 1. The molecule has 8 nitrogen and oxygen atoms in total. The highest BCUT2D eigenvalue weighted by molar-refractivity contribution is 5.81. The molecule has 1 saturated heterocycles. The molecule has 3 aliphatic rings. The Labute approximate surface area is 282 Å². The summed E-state index contributed by atoms with van der Waals surface area (Å²) in [5.74, 6) is 0.0541. The number of aliphatic carboxylic acids is 1. The minimum Gasteiger partial charge on any atom is -0.490 e. The lowest BCUT2D eigenvalue weighted by atomic mass is 9.92. The predicted molar refractivity (Wildman–Crippen MR) is 186 cm³/mol. The van der Waals surface area contributed by atoms with Crippen molar-refractivity contribution >= 4 is 17.4 Å². The number of imidazole rings is 1. The van der Waals surface area contributed by atoms with Crippen LogP contribution in [0.5, 0.6) is 5.75 Å². The molecule has 2 aromatic heterocycles. The van der Waals surface area contributed by atoms with Gasteiger partial charge in [-0.25, -0.2) is 14.2 Å². The number of fused-ring (bicyclic) bond motifs is 8. The standard InChI is InChI=1S/C39H48FN3O5/c1-24-11-8-9-20-46-39(7)16-18-42(19-17-39)36-33(34(37(44)45)48-38(4,5)6)25(2)26(3)35-41-31(23-43(35)36)28-13-10-12-27(21-28)30-22-29(40)14-15-32(30)47-24/h10,12-15,21-24,34H,8-9,11,16-20H2,1-7H3,(H,44,45). The van der Waals surface area contributed by atoms with Crippen LogP contribution in [0.2, 0.25) is 0 Å². The van der Waals surface area contributed by atoms with Crippen molar-refractivity contribution in [2.24, 2.45) is 0 Å². The summed E-state index contributed by atoms with van der Waals surface area (Å²) in [5, 5.41) is 10.6. The summed E-state index contributed by atoms with van der Waals surface area (Å²) in [6.45, 7) is 15.9. The average Bonchev–Trinajstić information content (AvgIpc) is 3.48. The zero-order valence-electron chi connectivity index (χ0n) is 29.2. The average molecular weight is 658 g/mol. The van der Waals surface area contributed by atoms with Gasteiger partial charge >= 0.3 is 5.97 Å². The van der Waals surface area contributed by atoms with E-state index in [-0.39, 0.29) is 17.5 Å². The number of anilines is 1. The van der Waals surface area contributed by atoms with E-state index in [0.29, 0.717) is 36.6 Å². The molecule has 7 rings (SSSR count). The molecule has 0 radical (unpaired) electrons. The van der Waals surface area contributed by atoms with Gasteiger partial charge in [-0.2, -0.15) is 0 Å². The molecule has 2 unspecified atom stereocenters. The Morgan fingerprint density at radius 2 is 1.81 bits per heavy atom. The summed E-state index contributed by atoms with van der Waals surface area (Å²) in [6.07, 6.45) is 5.08. The van der Waals surface area contributed by atoms with Crippen LogP contribution in [0.15, 0.2) is 48.7 Å². The van der Waals surface area contributed by atoms with Crippen LogP contribution in [0.1, 0.15) is 89.5 Å². The van der Waals surface area contributed by atoms with Crippen molar-refractivity contribution in [2.45, 2.75) is 104 Å². The maximum absolute atomic E-state index is 14.7. The molecule has 1 fully saturated rings. The second kappa shape index (κ2) is 13.2. The molecule has 2 atom stereocenters. The van der Waals surface area contributed by atoms with Crippen LogP contribution in [-0.4, -0.2) is 57.5 Å². The van der Waals surface area contributed by atoms with Crippen molar-refractivity contribution in [1.82, 2.24) is 9.38 Å². The van der Waals surface area contributed by atoms with Crippen LogP contribution in [0, 0.1) is 19.7 Å². The summed E-state index contributed by atoms with van der Waals surface area (Å²) >= 11 is 0. The zero-order valence-corrected chi connectivity index (χ0v) is 29.2. The molecular weight excluding hydrogens is 609 g/mol. The maximum atomic E-state index is 14.7. The number of aryl methyl sites for hydroxylation is 1. The van der Waals surface area contributed by atoms with E-state index in [9.17, 15) is 14.3 Å². The number of aromatic nitrogens is 2. The first-order valence-corrected chi connectivity index (χ1v) is 17.1. The topological polar surface area (TPSA) is 85.5 Å². The van der Waals surface area contributed by atoms with Crippen molar-refractivity contribution in [1.29, 1.82) is 0 Å². The number of hydrogen-bond acceptors (Lipinski definition) is 6. The minimum atomic E-state index is -1.18. The van der Waals surface area contributed by atoms with Gasteiger partial charge in [0.05, 0.1) is 23.0 Å². The van der Waals surface area contributed by atoms with Crippen LogP contribution in [0.4, 0.5) is 10.2 Å². The first kappa shape index (κ1) is 33.9. The van der Waals surface area contributed by atoms with E-state index in [4.69, 9.17) is 19.2 Å². The second-order valence-corrected chi connectivity index (χ2v) is 14.7. The van der Waals surface area contributed by atoms with Crippen LogP contribution in [0.25, 0.3) is 28.0 Å². The number of halogens is 1. The molecule has 1 N–H and O–H groups in total. The highest BCUT2D eigenvalue weighted by Crippen LogP contribution is 2.41. The fourth-order valence-electron chi connectivity index (χ4n) is 6.98. The molecule has 48 heavy (non-hydrogen) atoms. The van der Waals surface area contributed by atoms with Crippen molar-refractivity contribution in [3.8, 4) is 28.1 Å². The summed E-state index contributed by atoms with van der Waals surface area (Å²) in [6, 6.07) is 12.6. The van der Waals surface area contributed by atoms with Gasteiger partial charge in [0.15, 0.2) is 6.10 Å². The maximum Gasteiger partial charge on any atom is 0.337 e. The van der Waals surface area contributed by atoms with Crippen molar-refractivity contribution in [3.05, 3.63) is 71.2 Å². The number of nitrogens with zero attached hydrogens (tertiary/aromatic N) is 3. The van der Waals surface area contributed by atoms with Gasteiger partial charge in [0, 0.05) is 42.6 Å². The van der Waals surface area contributed by atoms with Gasteiger partial charge in [-0.15, -0.1) is 0 Å². The highest BCUT2D eigenvalue weighted by atomic mass is 19.1. The van der Waals surface area contributed by atoms with Crippen molar-refractivity contribution in [3.63, 3.8) is 0 Å². The fraction of sp³-hybridized carbons (Fsp3) is 0.487. The lowest BCUT2D eigenvalue weighted by Crippen LogP contribution is -2.45. The third-order valence-corrected chi connectivity index (χ3v) is 9.75. The third kappa shape index (κ3) is 6.94. The monoisotopic (exact) mass is 657 g/mol. The Balaban J connectivity index is 1.56. The molecule has 6 bridgehead atoms. The number of hydrogen-bond donors (Lipinski definition) is 1. The highest BCUT2D eigenvalue weighted by Gasteiger charge is 2.38. The van der Waals surface area contributed by atoms with Gasteiger partial charge in [-0.05, 0) is 122 Å². The minimum absolute atomic E-state index is 0.0454. The second-order valence-electron chi connectivity index (χ2n) is 14.7. The Bertz CT molecular complexity index is 1820. The van der Waals surface area contributed by atoms with Gasteiger partial charge in [-0.3, -0.25) is 4.40 Å². The number of piperidine rings is 1. The van der Waals surface area contributed by atoms with E-state index < -0.39 is 17.7 Å². The number of benzene rings is 2. The Kier molecular flexibility index (Phi) is 9.30. The van der Waals surface area contributed by atoms with E-state index in [2.05, 4.69) is 18.7 Å². The summed E-state index contributed by atoms with van der Waals surface area (Å²) in [7, 11) is 0. The van der Waals surface area contributed by atoms with E-state index in [0.717, 1.165) is 71.5 Å². The summed E-state index contributed by atoms with van der Waals surface area (Å²) < 4.78 is 35.9. The Morgan fingerprint density at radius 1 is 1.08 bits per heavy atom. The lowest BCUT2D eigenvalue weighted by Gasteiger charge is -2.42. The molecule has 5 heterocycles. The first-order valence-electron chi connectivity index (χ1n) is 17.1. The Morgan fingerprint density at radius 3 is 2.52 bits per heavy atom. The van der Waals surface area contributed by atoms with E-state index in [1.807, 2.05) is 69.5 Å². The molecular formula is C39H48FN3O5. The molecule has 4 aromatic rings. The first-order chi connectivity index (χ1) is 22.7. The molecule has 9 heteroatoms. The predicted octanol–water partition coefficient (Wildman–Crippen LogP) is 8.69. The normalized spacial score (nSPS) is 21.2. The number of rotatable bonds is 3. The SMILES string of the molecule is Cc1c(C(OC(C)(C)C)C(=O)O)c2n3cc(nc3c1C)-c1cccc(c1)-c1cc(F)ccc1OC(C)CCCCOC1(C)CCN2CC1. The molecule has 2 aromatic carbocycles. The molecule has 0 spiro atoms. The number of carboxylic acids is 1. The fourth-order valence-corrected chi connectivity index (χ4v) is 6.98. The summed E-state index contributed by atoms with van der Waals surface area (Å²) in [5.41, 5.74) is 5.25. The largest absolute Gasteiger partial charge is 0.490 e. The summed E-state index contributed by atoms with van der Waals surface area (Å²) in [4.78, 5) is 20.4. The lowest BCUT2D eigenvalue weighted by molar-refractivity contribution is -0.160. The van der Waals surface area contributed by atoms with Crippen molar-refractivity contribution in [2.75, 3.05) is 24.6 Å². The van der Waals surface area contributed by atoms with Gasteiger partial charge in [0.25, 0.3) is 0 Å². The van der Waals surface area contributed by atoms with Crippen molar-refractivity contribution < 1.29 is 28.5 Å². The van der Waals surface area contributed by atoms with Crippen LogP contribution < -0.4 is 9.64 Å². The van der Waals surface area contributed by atoms with Gasteiger partial charge < -0.3 is 24.2 Å². The van der Waals surface area contributed by atoms with Crippen LogP contribution in [-0.2, 0) is 14.3 Å².